The first-order valence-corrected chi connectivity index (χ1v) is 4.28. The normalized spacial score (nSPS) is 9.57. The van der Waals surface area contributed by atoms with E-state index in [1.807, 2.05) is 30.1 Å². The Bertz CT molecular complexity index is 401. The summed E-state index contributed by atoms with van der Waals surface area (Å²) in [6.07, 6.45) is 3.96. The quantitative estimate of drug-likeness (QED) is 0.695. The first-order chi connectivity index (χ1) is 6.25. The summed E-state index contributed by atoms with van der Waals surface area (Å²) in [6, 6.07) is 12.6. The van der Waals surface area contributed by atoms with Crippen molar-refractivity contribution < 1.29 is 21.1 Å². The van der Waals surface area contributed by atoms with Gasteiger partial charge in [-0.05, 0) is 7.05 Å². The van der Waals surface area contributed by atoms with E-state index in [1.165, 1.54) is 5.56 Å². The zero-order valence-corrected chi connectivity index (χ0v) is 11.2. The maximum atomic E-state index is 3.22. The molecule has 0 unspecified atom stereocenters. The Kier molecular flexibility index (Phi) is 3.71. The molecule has 0 saturated carbocycles. The second kappa shape index (κ2) is 4.61. The van der Waals surface area contributed by atoms with Crippen LogP contribution in [0, 0.1) is 19.1 Å². The van der Waals surface area contributed by atoms with Crippen LogP contribution in [0.15, 0.2) is 30.6 Å². The average Bonchev–Trinajstić information content (AvgIpc) is 2.53. The zero-order valence-electron chi connectivity index (χ0n) is 8.24. The van der Waals surface area contributed by atoms with Gasteiger partial charge in [0.1, 0.15) is 0 Å². The molecule has 70 valence electrons. The summed E-state index contributed by atoms with van der Waals surface area (Å²) in [5.74, 6) is 0. The van der Waals surface area contributed by atoms with Crippen molar-refractivity contribution in [3.05, 3.63) is 48.3 Å². The number of aryl methyl sites for hydroxylation is 2. The van der Waals surface area contributed by atoms with Crippen LogP contribution in [0.25, 0.3) is 11.1 Å². The molecule has 0 amide bonds. The van der Waals surface area contributed by atoms with Gasteiger partial charge in [0, 0.05) is 0 Å². The number of hydrogen-bond acceptors (Lipinski definition) is 0. The molecule has 1 aromatic heterocycles. The third-order valence-corrected chi connectivity index (χ3v) is 2.01. The van der Waals surface area contributed by atoms with Crippen molar-refractivity contribution in [1.82, 2.24) is 4.57 Å². The second-order valence-corrected chi connectivity index (χ2v) is 3.26. The maximum Gasteiger partial charge on any atom is 2.00 e. The molecular weight excluding hydrogens is 342 g/mol. The first kappa shape index (κ1) is 11.3. The fraction of sp³-hybridized carbons (Fsp3) is 0.167. The molecule has 0 atom stereocenters. The molecule has 2 heteroatoms. The fourth-order valence-corrected chi connectivity index (χ4v) is 1.27. The minimum atomic E-state index is 0. The molecule has 0 saturated heterocycles. The average molecular weight is 353 g/mol. The van der Waals surface area contributed by atoms with Crippen molar-refractivity contribution in [3.63, 3.8) is 0 Å². The largest absolute Gasteiger partial charge is 2.00 e. The molecule has 0 aliphatic carbocycles. The molecule has 2 aromatic rings. The Morgan fingerprint density at radius 1 is 1.14 bits per heavy atom. The summed E-state index contributed by atoms with van der Waals surface area (Å²) in [7, 11) is 1.99. The number of benzene rings is 1. The molecule has 0 aliphatic heterocycles. The van der Waals surface area contributed by atoms with Gasteiger partial charge in [-0.3, -0.25) is 11.1 Å². The molecule has 0 fully saturated rings. The molecule has 0 spiro atoms. The van der Waals surface area contributed by atoms with E-state index in [0.717, 1.165) is 11.1 Å². The second-order valence-electron chi connectivity index (χ2n) is 3.26. The fourth-order valence-electron chi connectivity index (χ4n) is 1.27. The van der Waals surface area contributed by atoms with Gasteiger partial charge in [0.2, 0.25) is 0 Å². The van der Waals surface area contributed by atoms with Gasteiger partial charge >= 0.3 is 21.1 Å². The maximum absolute atomic E-state index is 3.22. The molecule has 1 heterocycles. The van der Waals surface area contributed by atoms with Crippen LogP contribution in [0.1, 0.15) is 5.56 Å². The summed E-state index contributed by atoms with van der Waals surface area (Å²) >= 11 is 0. The van der Waals surface area contributed by atoms with Gasteiger partial charge in [0.15, 0.2) is 0 Å². The molecule has 1 aromatic carbocycles. The minimum absolute atomic E-state index is 0. The van der Waals surface area contributed by atoms with Crippen molar-refractivity contribution in [3.8, 4) is 11.1 Å². The summed E-state index contributed by atoms with van der Waals surface area (Å²) in [5.41, 5.74) is 3.44. The molecule has 0 bridgehead atoms. The van der Waals surface area contributed by atoms with Crippen LogP contribution < -0.4 is 0 Å². The molecule has 0 N–H and O–H groups in total. The topological polar surface area (TPSA) is 4.93 Å². The number of rotatable bonds is 1. The van der Waals surface area contributed by atoms with Crippen LogP contribution in [-0.2, 0) is 28.1 Å². The van der Waals surface area contributed by atoms with Crippen molar-refractivity contribution in [2.45, 2.75) is 6.92 Å². The van der Waals surface area contributed by atoms with Gasteiger partial charge in [-0.15, -0.1) is 11.8 Å². The summed E-state index contributed by atoms with van der Waals surface area (Å²) < 4.78 is 1.99. The minimum Gasteiger partial charge on any atom is -0.430 e. The van der Waals surface area contributed by atoms with Gasteiger partial charge < -0.3 is 4.57 Å². The smallest absolute Gasteiger partial charge is 0.430 e. The summed E-state index contributed by atoms with van der Waals surface area (Å²) in [6.45, 7) is 2.06. The summed E-state index contributed by atoms with van der Waals surface area (Å²) in [5, 5.41) is 0. The van der Waals surface area contributed by atoms with Gasteiger partial charge in [-0.25, -0.2) is 12.1 Å². The molecular formula is C12H11NW. The van der Waals surface area contributed by atoms with Crippen molar-refractivity contribution in [2.75, 3.05) is 0 Å². The van der Waals surface area contributed by atoms with Crippen molar-refractivity contribution >= 4 is 0 Å². The molecule has 0 radical (unpaired) electrons. The van der Waals surface area contributed by atoms with Gasteiger partial charge in [-0.2, -0.15) is 18.2 Å². The van der Waals surface area contributed by atoms with E-state index in [4.69, 9.17) is 0 Å². The van der Waals surface area contributed by atoms with Crippen LogP contribution in [0.2, 0.25) is 0 Å². The van der Waals surface area contributed by atoms with E-state index in [-0.39, 0.29) is 21.1 Å². The van der Waals surface area contributed by atoms with Gasteiger partial charge in [-0.1, -0.05) is 13.1 Å². The van der Waals surface area contributed by atoms with E-state index in [2.05, 4.69) is 31.2 Å². The molecule has 2 rings (SSSR count). The SMILES string of the molecule is Cc1c[c-]c(-c2[c-]cn(C)c2)cc1.[W+2]. The van der Waals surface area contributed by atoms with Gasteiger partial charge in [0.25, 0.3) is 0 Å². The monoisotopic (exact) mass is 353 g/mol. The third-order valence-electron chi connectivity index (χ3n) is 2.01. The van der Waals surface area contributed by atoms with Crippen LogP contribution in [0.4, 0.5) is 0 Å². The van der Waals surface area contributed by atoms with E-state index >= 15 is 0 Å². The first-order valence-electron chi connectivity index (χ1n) is 4.28. The Morgan fingerprint density at radius 2 is 1.93 bits per heavy atom. The zero-order chi connectivity index (χ0) is 9.26. The van der Waals surface area contributed by atoms with Gasteiger partial charge in [0.05, 0.1) is 0 Å². The summed E-state index contributed by atoms with van der Waals surface area (Å²) in [4.78, 5) is 0. The number of hydrogen-bond donors (Lipinski definition) is 0. The predicted octanol–water partition coefficient (Wildman–Crippen LogP) is 2.60. The molecule has 0 aliphatic rings. The van der Waals surface area contributed by atoms with Crippen LogP contribution >= 0.6 is 0 Å². The Morgan fingerprint density at radius 3 is 2.43 bits per heavy atom. The predicted molar refractivity (Wildman–Crippen MR) is 53.3 cm³/mol. The van der Waals surface area contributed by atoms with E-state index in [1.54, 1.807) is 0 Å². The molecule has 14 heavy (non-hydrogen) atoms. The molecule has 1 nitrogen and oxygen atoms in total. The third kappa shape index (κ3) is 2.36. The van der Waals surface area contributed by atoms with Crippen LogP contribution in [-0.4, -0.2) is 4.57 Å². The number of nitrogens with zero attached hydrogens (tertiary/aromatic N) is 1. The van der Waals surface area contributed by atoms with Crippen LogP contribution in [0.3, 0.4) is 0 Å². The number of aromatic nitrogens is 1. The van der Waals surface area contributed by atoms with E-state index in [0.29, 0.717) is 0 Å². The van der Waals surface area contributed by atoms with Crippen molar-refractivity contribution in [2.24, 2.45) is 7.05 Å². The van der Waals surface area contributed by atoms with Crippen LogP contribution in [0.5, 0.6) is 0 Å². The Balaban J connectivity index is 0.000000980. The van der Waals surface area contributed by atoms with E-state index < -0.39 is 0 Å². The van der Waals surface area contributed by atoms with Crippen molar-refractivity contribution in [1.29, 1.82) is 0 Å². The Hall–Kier alpha value is -0.812. The van der Waals surface area contributed by atoms with E-state index in [9.17, 15) is 0 Å². The standard InChI is InChI=1S/C12H11N.W/c1-10-3-5-11(6-4-10)12-7-8-13(2)9-12;/h3-5,8-9H,1-2H3;/q-2;+2. The Labute approximate surface area is 99.0 Å².